The van der Waals surface area contributed by atoms with Gasteiger partial charge in [0.15, 0.2) is 11.5 Å². The van der Waals surface area contributed by atoms with Gasteiger partial charge < -0.3 is 19.2 Å². The molecule has 4 aromatic rings. The van der Waals surface area contributed by atoms with Crippen molar-refractivity contribution in [1.82, 2.24) is 5.32 Å². The van der Waals surface area contributed by atoms with Gasteiger partial charge in [0.1, 0.15) is 17.4 Å². The standard InChI is InChI=1S/C34H34IN3O4S/c1-34(2,3)24-11-12-26-29(16-24)43-33(30(26)32(39)37-19-25-10-7-13-41-25)38-18-21-14-27(35)31(28(15-21)40-4)42-20-23-9-6-5-8-22(23)17-36/h5-10,13-15,18,24H,11-12,16,19-20H2,1-4H3,(H,37,39)/t24-/m1/s1. The monoisotopic (exact) mass is 707 g/mol. The average molecular weight is 708 g/mol. The molecule has 43 heavy (non-hydrogen) atoms. The van der Waals surface area contributed by atoms with Crippen LogP contribution in [0.1, 0.15) is 70.4 Å². The topological polar surface area (TPSA) is 96.8 Å². The number of nitrogens with zero attached hydrogens (tertiary/aromatic N) is 2. The molecule has 0 spiro atoms. The van der Waals surface area contributed by atoms with Gasteiger partial charge in [-0.2, -0.15) is 5.26 Å². The molecule has 0 saturated heterocycles. The number of hydrogen-bond donors (Lipinski definition) is 1. The molecule has 0 unspecified atom stereocenters. The number of hydrogen-bond acceptors (Lipinski definition) is 7. The number of thiophene rings is 1. The van der Waals surface area contributed by atoms with Crippen molar-refractivity contribution in [2.75, 3.05) is 7.11 Å². The number of nitriles is 1. The Labute approximate surface area is 270 Å². The molecule has 0 bridgehead atoms. The Morgan fingerprint density at radius 3 is 2.79 bits per heavy atom. The molecule has 2 heterocycles. The number of methoxy groups -OCH3 is 1. The first-order valence-electron chi connectivity index (χ1n) is 14.2. The van der Waals surface area contributed by atoms with Crippen molar-refractivity contribution < 1.29 is 18.7 Å². The summed E-state index contributed by atoms with van der Waals surface area (Å²) in [7, 11) is 1.60. The molecule has 2 aromatic heterocycles. The van der Waals surface area contributed by atoms with Crippen LogP contribution in [-0.2, 0) is 26.0 Å². The first kappa shape index (κ1) is 30.8. The highest BCUT2D eigenvalue weighted by molar-refractivity contribution is 14.1. The molecular weight excluding hydrogens is 673 g/mol. The molecule has 1 N–H and O–H groups in total. The van der Waals surface area contributed by atoms with E-state index in [2.05, 4.69) is 54.7 Å². The van der Waals surface area contributed by atoms with Crippen LogP contribution in [0, 0.1) is 26.2 Å². The first-order valence-corrected chi connectivity index (χ1v) is 16.0. The maximum absolute atomic E-state index is 13.5. The molecule has 9 heteroatoms. The summed E-state index contributed by atoms with van der Waals surface area (Å²) in [5.41, 5.74) is 4.18. The van der Waals surface area contributed by atoms with Crippen LogP contribution in [0.3, 0.4) is 0 Å². The fraction of sp³-hybridized carbons (Fsp3) is 0.324. The Kier molecular flexibility index (Phi) is 9.57. The molecule has 1 aliphatic rings. The predicted octanol–water partition coefficient (Wildman–Crippen LogP) is 8.24. The van der Waals surface area contributed by atoms with Crippen LogP contribution in [0.2, 0.25) is 0 Å². The van der Waals surface area contributed by atoms with Gasteiger partial charge in [0, 0.05) is 16.7 Å². The number of fused-ring (bicyclic) bond motifs is 1. The van der Waals surface area contributed by atoms with Crippen LogP contribution in [-0.4, -0.2) is 19.2 Å². The summed E-state index contributed by atoms with van der Waals surface area (Å²) < 4.78 is 18.1. The van der Waals surface area contributed by atoms with Gasteiger partial charge in [0.05, 0.1) is 40.7 Å². The van der Waals surface area contributed by atoms with E-state index in [-0.39, 0.29) is 17.9 Å². The van der Waals surface area contributed by atoms with Crippen molar-refractivity contribution in [3.63, 3.8) is 0 Å². The van der Waals surface area contributed by atoms with E-state index < -0.39 is 0 Å². The molecule has 222 valence electrons. The molecule has 1 atom stereocenters. The second-order valence-corrected chi connectivity index (χ2v) is 13.8. The number of carbonyl (C=O) groups excluding carboxylic acids is 1. The maximum atomic E-state index is 13.5. The molecular formula is C34H34IN3O4S. The summed E-state index contributed by atoms with van der Waals surface area (Å²) in [6.45, 7) is 7.43. The number of halogens is 1. The van der Waals surface area contributed by atoms with Gasteiger partial charge in [-0.1, -0.05) is 39.0 Å². The third-order valence-electron chi connectivity index (χ3n) is 7.79. The third kappa shape index (κ3) is 7.13. The zero-order valence-corrected chi connectivity index (χ0v) is 27.7. The zero-order valence-electron chi connectivity index (χ0n) is 24.7. The van der Waals surface area contributed by atoms with E-state index in [4.69, 9.17) is 18.9 Å². The molecule has 0 fully saturated rings. The second-order valence-electron chi connectivity index (χ2n) is 11.6. The number of amides is 1. The Balaban J connectivity index is 1.42. The van der Waals surface area contributed by atoms with Crippen LogP contribution in [0.4, 0.5) is 5.00 Å². The number of nitrogens with one attached hydrogen (secondary N) is 1. The highest BCUT2D eigenvalue weighted by Gasteiger charge is 2.33. The van der Waals surface area contributed by atoms with Crippen molar-refractivity contribution >= 4 is 51.1 Å². The summed E-state index contributed by atoms with van der Waals surface area (Å²) in [5, 5.41) is 13.2. The normalized spacial score (nSPS) is 14.7. The van der Waals surface area contributed by atoms with E-state index in [0.29, 0.717) is 45.8 Å². The van der Waals surface area contributed by atoms with Gasteiger partial charge in [-0.05, 0) is 94.6 Å². The van der Waals surface area contributed by atoms with Crippen LogP contribution in [0.5, 0.6) is 11.5 Å². The fourth-order valence-electron chi connectivity index (χ4n) is 5.30. The average Bonchev–Trinajstić information content (AvgIpc) is 3.65. The van der Waals surface area contributed by atoms with Crippen LogP contribution in [0.15, 0.2) is 64.2 Å². The third-order valence-corrected chi connectivity index (χ3v) is 9.76. The van der Waals surface area contributed by atoms with Crippen LogP contribution in [0.25, 0.3) is 0 Å². The van der Waals surface area contributed by atoms with E-state index in [0.717, 1.165) is 39.5 Å². The number of ether oxygens (including phenoxy) is 2. The number of furan rings is 1. The van der Waals surface area contributed by atoms with Crippen molar-refractivity contribution in [3.8, 4) is 17.6 Å². The molecule has 1 amide bonds. The van der Waals surface area contributed by atoms with Crippen molar-refractivity contribution in [3.05, 3.63) is 96.8 Å². The zero-order chi connectivity index (χ0) is 30.6. The molecule has 0 radical (unpaired) electrons. The number of rotatable bonds is 9. The minimum atomic E-state index is -0.135. The molecule has 1 aliphatic carbocycles. The molecule has 2 aromatic carbocycles. The summed E-state index contributed by atoms with van der Waals surface area (Å²) in [4.78, 5) is 19.7. The minimum Gasteiger partial charge on any atom is -0.493 e. The van der Waals surface area contributed by atoms with Gasteiger partial charge in [0.2, 0.25) is 0 Å². The molecule has 5 rings (SSSR count). The van der Waals surface area contributed by atoms with E-state index >= 15 is 0 Å². The van der Waals surface area contributed by atoms with Crippen molar-refractivity contribution in [2.45, 2.75) is 53.2 Å². The lowest BCUT2D eigenvalue weighted by Gasteiger charge is -2.33. The lowest BCUT2D eigenvalue weighted by Crippen LogP contribution is -2.28. The molecule has 7 nitrogen and oxygen atoms in total. The van der Waals surface area contributed by atoms with Crippen LogP contribution < -0.4 is 14.8 Å². The van der Waals surface area contributed by atoms with Gasteiger partial charge in [-0.15, -0.1) is 11.3 Å². The number of benzene rings is 2. The molecule has 0 saturated carbocycles. The summed E-state index contributed by atoms with van der Waals surface area (Å²) in [5.74, 6) is 2.29. The Morgan fingerprint density at radius 1 is 1.26 bits per heavy atom. The maximum Gasteiger partial charge on any atom is 0.255 e. The lowest BCUT2D eigenvalue weighted by molar-refractivity contribution is 0.0947. The van der Waals surface area contributed by atoms with Crippen molar-refractivity contribution in [1.29, 1.82) is 5.26 Å². The van der Waals surface area contributed by atoms with E-state index in [1.54, 1.807) is 37.0 Å². The summed E-state index contributed by atoms with van der Waals surface area (Å²) >= 11 is 3.83. The molecule has 0 aliphatic heterocycles. The Morgan fingerprint density at radius 2 is 2.07 bits per heavy atom. The second kappa shape index (κ2) is 13.3. The van der Waals surface area contributed by atoms with Gasteiger partial charge in [0.25, 0.3) is 5.91 Å². The van der Waals surface area contributed by atoms with Gasteiger partial charge >= 0.3 is 0 Å². The van der Waals surface area contributed by atoms with E-state index in [9.17, 15) is 10.1 Å². The largest absolute Gasteiger partial charge is 0.493 e. The Hall–Kier alpha value is -3.62. The Bertz CT molecular complexity index is 1680. The van der Waals surface area contributed by atoms with Gasteiger partial charge in [-0.3, -0.25) is 4.79 Å². The van der Waals surface area contributed by atoms with Gasteiger partial charge in [-0.25, -0.2) is 4.99 Å². The minimum absolute atomic E-state index is 0.135. The van der Waals surface area contributed by atoms with Crippen molar-refractivity contribution in [2.24, 2.45) is 16.3 Å². The highest BCUT2D eigenvalue weighted by atomic mass is 127. The number of aliphatic imine (C=N–C) groups is 1. The SMILES string of the molecule is COc1cc(C=Nc2sc3c(c2C(=O)NCc2ccco2)CC[C@@H](C(C)(C)C)C3)cc(I)c1OCc1ccccc1C#N. The summed E-state index contributed by atoms with van der Waals surface area (Å²) in [6, 6.07) is 17.1. The predicted molar refractivity (Wildman–Crippen MR) is 178 cm³/mol. The number of carbonyl (C=O) groups is 1. The quantitative estimate of drug-likeness (QED) is 0.140. The fourth-order valence-corrected chi connectivity index (χ4v) is 7.35. The van der Waals surface area contributed by atoms with E-state index in [1.807, 2.05) is 42.5 Å². The highest BCUT2D eigenvalue weighted by Crippen LogP contribution is 2.45. The summed E-state index contributed by atoms with van der Waals surface area (Å²) in [6.07, 6.45) is 6.24. The first-order chi connectivity index (χ1) is 20.7. The lowest BCUT2D eigenvalue weighted by atomic mass is 9.72. The van der Waals surface area contributed by atoms with Crippen LogP contribution >= 0.6 is 33.9 Å². The smallest absolute Gasteiger partial charge is 0.255 e. The van der Waals surface area contributed by atoms with E-state index in [1.165, 1.54) is 4.88 Å².